The number of sulfonamides is 1. The summed E-state index contributed by atoms with van der Waals surface area (Å²) < 4.78 is 36.1. The molecule has 0 saturated carbocycles. The molecule has 13 heteroatoms. The Hall–Kier alpha value is -3.26. The molecule has 1 fully saturated rings. The summed E-state index contributed by atoms with van der Waals surface area (Å²) in [4.78, 5) is 23.4. The molecular weight excluding hydrogens is 536 g/mol. The summed E-state index contributed by atoms with van der Waals surface area (Å²) in [7, 11) is -2.35. The third kappa shape index (κ3) is 5.78. The molecule has 0 radical (unpaired) electrons. The second kappa shape index (κ2) is 12.9. The molecule has 12 nitrogen and oxygen atoms in total. The minimum absolute atomic E-state index is 0.0341. The number of aliphatic hydroxyl groups excluding tert-OH is 1. The van der Waals surface area contributed by atoms with E-state index in [1.54, 1.807) is 16.8 Å². The second-order valence-corrected chi connectivity index (χ2v) is 11.4. The summed E-state index contributed by atoms with van der Waals surface area (Å²) in [6.45, 7) is 8.46. The zero-order valence-corrected chi connectivity index (χ0v) is 24.3. The molecule has 1 aliphatic rings. The largest absolute Gasteiger partial charge is 0.493 e. The first kappa shape index (κ1) is 29.7. The number of nitrogens with one attached hydrogen (secondary N) is 1. The number of piperazine rings is 1. The number of rotatable bonds is 12. The van der Waals surface area contributed by atoms with Gasteiger partial charge in [0, 0.05) is 38.3 Å². The molecule has 1 saturated heterocycles. The van der Waals surface area contributed by atoms with Gasteiger partial charge in [0.25, 0.3) is 5.56 Å². The number of H-pyrrole nitrogens is 1. The molecule has 4 rings (SSSR count). The van der Waals surface area contributed by atoms with Crippen LogP contribution in [0, 0.1) is 0 Å². The molecular formula is C27H38N6O6S. The fourth-order valence-corrected chi connectivity index (χ4v) is 6.60. The predicted octanol–water partition coefficient (Wildman–Crippen LogP) is 1.88. The van der Waals surface area contributed by atoms with E-state index in [0.29, 0.717) is 69.0 Å². The number of aromatic amines is 1. The molecule has 1 aromatic carbocycles. The fourth-order valence-electron chi connectivity index (χ4n) is 5.15. The van der Waals surface area contributed by atoms with E-state index < -0.39 is 10.0 Å². The van der Waals surface area contributed by atoms with E-state index in [4.69, 9.17) is 14.7 Å². The Balaban J connectivity index is 1.85. The maximum Gasteiger partial charge on any atom is 0.275 e. The third-order valence-electron chi connectivity index (χ3n) is 7.06. The van der Waals surface area contributed by atoms with Crippen molar-refractivity contribution in [3.63, 3.8) is 0 Å². The Morgan fingerprint density at radius 2 is 1.93 bits per heavy atom. The third-order valence-corrected chi connectivity index (χ3v) is 8.95. The van der Waals surface area contributed by atoms with Crippen LogP contribution < -0.4 is 10.3 Å². The Morgan fingerprint density at radius 1 is 1.18 bits per heavy atom. The molecule has 0 unspecified atom stereocenters. The van der Waals surface area contributed by atoms with Gasteiger partial charge in [-0.2, -0.15) is 4.31 Å². The van der Waals surface area contributed by atoms with Gasteiger partial charge in [0.05, 0.1) is 35.6 Å². The van der Waals surface area contributed by atoms with Gasteiger partial charge in [0.15, 0.2) is 5.82 Å². The molecule has 218 valence electrons. The van der Waals surface area contributed by atoms with Crippen LogP contribution in [0.15, 0.2) is 33.0 Å². The van der Waals surface area contributed by atoms with Crippen molar-refractivity contribution in [3.05, 3.63) is 45.4 Å². The SMILES string of the molecule is CCCc1c(C=NOC)c(CC)c2c(=O)[nH]c(-c3cc(S(=O)(=O)N4CCN(CCO)CC4)ccc3OCC)nn12. The summed E-state index contributed by atoms with van der Waals surface area (Å²) in [6, 6.07) is 4.64. The monoisotopic (exact) mass is 574 g/mol. The summed E-state index contributed by atoms with van der Waals surface area (Å²) in [6.07, 6.45) is 3.66. The first-order chi connectivity index (χ1) is 19.3. The molecule has 3 heterocycles. The lowest BCUT2D eigenvalue weighted by Crippen LogP contribution is -2.49. The highest BCUT2D eigenvalue weighted by molar-refractivity contribution is 7.89. The zero-order chi connectivity index (χ0) is 28.9. The van der Waals surface area contributed by atoms with Crippen molar-refractivity contribution in [2.45, 2.75) is 44.9 Å². The van der Waals surface area contributed by atoms with Gasteiger partial charge in [-0.05, 0) is 43.5 Å². The second-order valence-electron chi connectivity index (χ2n) is 9.48. The molecule has 0 atom stereocenters. The summed E-state index contributed by atoms with van der Waals surface area (Å²) in [5, 5.41) is 18.0. The molecule has 40 heavy (non-hydrogen) atoms. The number of hydrogen-bond acceptors (Lipinski definition) is 9. The first-order valence-corrected chi connectivity index (χ1v) is 15.1. The van der Waals surface area contributed by atoms with Crippen molar-refractivity contribution in [2.24, 2.45) is 5.16 Å². The van der Waals surface area contributed by atoms with Gasteiger partial charge in [-0.15, -0.1) is 5.10 Å². The minimum atomic E-state index is -3.82. The van der Waals surface area contributed by atoms with Crippen LogP contribution >= 0.6 is 0 Å². The van der Waals surface area contributed by atoms with Gasteiger partial charge in [0.2, 0.25) is 10.0 Å². The maximum absolute atomic E-state index is 13.6. The lowest BCUT2D eigenvalue weighted by molar-refractivity contribution is 0.151. The number of nitrogens with zero attached hydrogens (tertiary/aromatic N) is 5. The van der Waals surface area contributed by atoms with Crippen molar-refractivity contribution in [1.82, 2.24) is 23.8 Å². The standard InChI is InChI=1S/C27H38N6O6S/c1-5-8-23-22(18-28-38-4)20(6-2)25-27(35)29-26(30-33(23)25)21-17-19(9-10-24(21)39-7-3)40(36,37)32-13-11-31(12-14-32)15-16-34/h9-10,17-18,34H,5-8,11-16H2,1-4H3,(H,29,30,35). The number of ether oxygens (including phenoxy) is 1. The molecule has 2 N–H and O–H groups in total. The summed E-state index contributed by atoms with van der Waals surface area (Å²) in [5.74, 6) is 0.619. The van der Waals surface area contributed by atoms with E-state index in [9.17, 15) is 18.3 Å². The van der Waals surface area contributed by atoms with Gasteiger partial charge >= 0.3 is 0 Å². The van der Waals surface area contributed by atoms with Crippen molar-refractivity contribution in [3.8, 4) is 17.1 Å². The fraction of sp³-hybridized carbons (Fsp3) is 0.519. The highest BCUT2D eigenvalue weighted by Gasteiger charge is 2.30. The average molecular weight is 575 g/mol. The summed E-state index contributed by atoms with van der Waals surface area (Å²) >= 11 is 0. The molecule has 0 aliphatic carbocycles. The predicted molar refractivity (Wildman–Crippen MR) is 153 cm³/mol. The quantitative estimate of drug-likeness (QED) is 0.247. The molecule has 3 aromatic rings. The van der Waals surface area contributed by atoms with E-state index in [2.05, 4.69) is 10.1 Å². The average Bonchev–Trinajstić information content (AvgIpc) is 3.25. The lowest BCUT2D eigenvalue weighted by Gasteiger charge is -2.33. The van der Waals surface area contributed by atoms with Gasteiger partial charge in [-0.1, -0.05) is 25.4 Å². The topological polar surface area (TPSA) is 142 Å². The van der Waals surface area contributed by atoms with Crippen LogP contribution in [0.1, 0.15) is 44.0 Å². The highest BCUT2D eigenvalue weighted by atomic mass is 32.2. The number of benzene rings is 1. The number of hydrogen-bond donors (Lipinski definition) is 2. The minimum Gasteiger partial charge on any atom is -0.493 e. The molecule has 0 spiro atoms. The van der Waals surface area contributed by atoms with Gasteiger partial charge in [-0.25, -0.2) is 12.9 Å². The highest BCUT2D eigenvalue weighted by Crippen LogP contribution is 2.32. The van der Waals surface area contributed by atoms with Crippen molar-refractivity contribution in [2.75, 3.05) is 53.0 Å². The van der Waals surface area contributed by atoms with Crippen molar-refractivity contribution >= 4 is 21.8 Å². The van der Waals surface area contributed by atoms with Crippen LogP contribution in [0.3, 0.4) is 0 Å². The Kier molecular flexibility index (Phi) is 9.61. The Bertz CT molecular complexity index is 1520. The zero-order valence-electron chi connectivity index (χ0n) is 23.5. The molecule has 1 aliphatic heterocycles. The number of oxime groups is 1. The van der Waals surface area contributed by atoms with E-state index in [1.807, 2.05) is 25.7 Å². The number of β-amino-alcohol motifs (C(OH)–C–C–N with tert-alkyl or cyclic N) is 1. The number of fused-ring (bicyclic) bond motifs is 1. The molecule has 0 bridgehead atoms. The lowest BCUT2D eigenvalue weighted by atomic mass is 10.1. The van der Waals surface area contributed by atoms with Gasteiger partial charge in [0.1, 0.15) is 18.4 Å². The van der Waals surface area contributed by atoms with Crippen LogP contribution in [-0.4, -0.2) is 96.6 Å². The smallest absolute Gasteiger partial charge is 0.275 e. The normalized spacial score (nSPS) is 15.3. The van der Waals surface area contributed by atoms with Crippen molar-refractivity contribution < 1.29 is 23.1 Å². The van der Waals surface area contributed by atoms with Crippen LogP contribution in [0.2, 0.25) is 0 Å². The van der Waals surface area contributed by atoms with Crippen LogP contribution in [-0.2, 0) is 27.7 Å². The summed E-state index contributed by atoms with van der Waals surface area (Å²) in [5.41, 5.74) is 2.89. The van der Waals surface area contributed by atoms with E-state index in [0.717, 1.165) is 23.2 Å². The van der Waals surface area contributed by atoms with Crippen LogP contribution in [0.4, 0.5) is 0 Å². The maximum atomic E-state index is 13.6. The first-order valence-electron chi connectivity index (χ1n) is 13.6. The van der Waals surface area contributed by atoms with E-state index >= 15 is 0 Å². The molecule has 2 aromatic heterocycles. The Morgan fingerprint density at radius 3 is 2.55 bits per heavy atom. The van der Waals surface area contributed by atoms with E-state index in [-0.39, 0.29) is 22.9 Å². The number of aliphatic hydroxyl groups is 1. The van der Waals surface area contributed by atoms with E-state index in [1.165, 1.54) is 23.5 Å². The van der Waals surface area contributed by atoms with Crippen LogP contribution in [0.5, 0.6) is 5.75 Å². The number of aryl methyl sites for hydroxylation is 2. The van der Waals surface area contributed by atoms with Gasteiger partial charge in [-0.3, -0.25) is 9.69 Å². The Labute approximate surface area is 234 Å². The van der Waals surface area contributed by atoms with Crippen molar-refractivity contribution in [1.29, 1.82) is 0 Å². The number of aromatic nitrogens is 3. The van der Waals surface area contributed by atoms with Gasteiger partial charge < -0.3 is 19.7 Å². The van der Waals surface area contributed by atoms with Crippen LogP contribution in [0.25, 0.3) is 16.9 Å². The molecule has 0 amide bonds.